The average molecular weight is 335 g/mol. The van der Waals surface area contributed by atoms with E-state index < -0.39 is 0 Å². The normalized spacial score (nSPS) is 10.4. The Balaban J connectivity index is 2.19. The molecule has 0 bridgehead atoms. The highest BCUT2D eigenvalue weighted by Gasteiger charge is 2.11. The number of pyridine rings is 1. The Morgan fingerprint density at radius 3 is 2.65 bits per heavy atom. The predicted octanol–water partition coefficient (Wildman–Crippen LogP) is 3.88. The van der Waals surface area contributed by atoms with Crippen molar-refractivity contribution in [3.8, 4) is 5.75 Å². The van der Waals surface area contributed by atoms with Crippen molar-refractivity contribution >= 4 is 27.5 Å². The summed E-state index contributed by atoms with van der Waals surface area (Å²) in [5, 5.41) is 2.81. The molecule has 5 heteroatoms. The number of hydrogen-bond acceptors (Lipinski definition) is 3. The van der Waals surface area contributed by atoms with E-state index in [0.29, 0.717) is 21.7 Å². The van der Waals surface area contributed by atoms with Crippen LogP contribution in [0.5, 0.6) is 5.75 Å². The number of benzene rings is 1. The van der Waals surface area contributed by atoms with Crippen LogP contribution < -0.4 is 10.1 Å². The van der Waals surface area contributed by atoms with Crippen LogP contribution in [0, 0.1) is 0 Å². The number of carbonyl (C=O) groups excluding carboxylic acids is 1. The van der Waals surface area contributed by atoms with Gasteiger partial charge in [-0.2, -0.15) is 0 Å². The molecule has 0 aliphatic heterocycles. The zero-order chi connectivity index (χ0) is 14.5. The van der Waals surface area contributed by atoms with Crippen molar-refractivity contribution in [2.24, 2.45) is 0 Å². The lowest BCUT2D eigenvalue weighted by atomic mass is 10.2. The number of para-hydroxylation sites is 2. The van der Waals surface area contributed by atoms with Gasteiger partial charge in [-0.15, -0.1) is 0 Å². The van der Waals surface area contributed by atoms with Crippen LogP contribution in [0.25, 0.3) is 0 Å². The molecule has 0 fully saturated rings. The molecular formula is C15H15BrN2O2. The molecular weight excluding hydrogens is 320 g/mol. The Kier molecular flexibility index (Phi) is 4.74. The Morgan fingerprint density at radius 2 is 1.95 bits per heavy atom. The van der Waals surface area contributed by atoms with E-state index in [2.05, 4.69) is 26.2 Å². The average Bonchev–Trinajstić information content (AvgIpc) is 2.40. The fraction of sp³-hybridized carbons (Fsp3) is 0.200. The molecule has 1 heterocycles. The van der Waals surface area contributed by atoms with Gasteiger partial charge in [-0.3, -0.25) is 4.79 Å². The highest BCUT2D eigenvalue weighted by atomic mass is 79.9. The largest absolute Gasteiger partial charge is 0.489 e. The van der Waals surface area contributed by atoms with E-state index >= 15 is 0 Å². The van der Waals surface area contributed by atoms with Crippen LogP contribution in [0.3, 0.4) is 0 Å². The first-order valence-electron chi connectivity index (χ1n) is 6.26. The van der Waals surface area contributed by atoms with Gasteiger partial charge < -0.3 is 10.1 Å². The number of aromatic nitrogens is 1. The van der Waals surface area contributed by atoms with E-state index in [-0.39, 0.29) is 12.0 Å². The van der Waals surface area contributed by atoms with E-state index in [9.17, 15) is 4.79 Å². The fourth-order valence-corrected chi connectivity index (χ4v) is 1.99. The smallest absolute Gasteiger partial charge is 0.274 e. The molecule has 1 aromatic heterocycles. The molecule has 20 heavy (non-hydrogen) atoms. The summed E-state index contributed by atoms with van der Waals surface area (Å²) in [6.07, 6.45) is 0.0389. The van der Waals surface area contributed by atoms with Crippen LogP contribution in [0.15, 0.2) is 47.1 Å². The summed E-state index contributed by atoms with van der Waals surface area (Å²) in [4.78, 5) is 16.3. The van der Waals surface area contributed by atoms with Crippen LogP contribution in [-0.2, 0) is 0 Å². The van der Waals surface area contributed by atoms with Crippen molar-refractivity contribution in [3.05, 3.63) is 52.8 Å². The van der Waals surface area contributed by atoms with Crippen molar-refractivity contribution < 1.29 is 9.53 Å². The van der Waals surface area contributed by atoms with E-state index in [4.69, 9.17) is 4.74 Å². The zero-order valence-corrected chi connectivity index (χ0v) is 12.8. The Morgan fingerprint density at radius 1 is 1.20 bits per heavy atom. The number of nitrogens with zero attached hydrogens (tertiary/aromatic N) is 1. The van der Waals surface area contributed by atoms with Gasteiger partial charge >= 0.3 is 0 Å². The molecule has 4 nitrogen and oxygen atoms in total. The number of hydrogen-bond donors (Lipinski definition) is 1. The molecule has 0 saturated carbocycles. The molecule has 0 radical (unpaired) electrons. The minimum absolute atomic E-state index is 0.0389. The Hall–Kier alpha value is -1.88. The first-order valence-corrected chi connectivity index (χ1v) is 7.05. The van der Waals surface area contributed by atoms with E-state index in [1.54, 1.807) is 24.3 Å². The molecule has 1 amide bonds. The fourth-order valence-electron chi connectivity index (χ4n) is 1.65. The maximum atomic E-state index is 12.2. The van der Waals surface area contributed by atoms with Crippen LogP contribution in [0.1, 0.15) is 24.3 Å². The number of amides is 1. The lowest BCUT2D eigenvalue weighted by molar-refractivity contribution is 0.102. The van der Waals surface area contributed by atoms with Gasteiger partial charge in [-0.25, -0.2) is 4.98 Å². The third-order valence-electron chi connectivity index (χ3n) is 2.45. The molecule has 2 rings (SSSR count). The van der Waals surface area contributed by atoms with E-state index in [0.717, 1.165) is 0 Å². The molecule has 0 unspecified atom stereocenters. The number of ether oxygens (including phenoxy) is 1. The summed E-state index contributed by atoms with van der Waals surface area (Å²) < 4.78 is 6.28. The maximum absolute atomic E-state index is 12.2. The van der Waals surface area contributed by atoms with Gasteiger partial charge in [0.2, 0.25) is 0 Å². The minimum Gasteiger partial charge on any atom is -0.489 e. The number of halogens is 1. The van der Waals surface area contributed by atoms with Crippen molar-refractivity contribution in [2.45, 2.75) is 20.0 Å². The zero-order valence-electron chi connectivity index (χ0n) is 11.3. The maximum Gasteiger partial charge on any atom is 0.274 e. The van der Waals surface area contributed by atoms with Crippen LogP contribution in [-0.4, -0.2) is 17.0 Å². The number of carbonyl (C=O) groups is 1. The van der Waals surface area contributed by atoms with E-state index in [1.165, 1.54) is 0 Å². The van der Waals surface area contributed by atoms with E-state index in [1.807, 2.05) is 32.0 Å². The Bertz CT molecular complexity index is 614. The monoisotopic (exact) mass is 334 g/mol. The van der Waals surface area contributed by atoms with Crippen molar-refractivity contribution in [1.82, 2.24) is 4.98 Å². The highest BCUT2D eigenvalue weighted by molar-refractivity contribution is 9.10. The van der Waals surface area contributed by atoms with Gasteiger partial charge in [-0.05, 0) is 54.0 Å². The first-order chi connectivity index (χ1) is 9.56. The third kappa shape index (κ3) is 3.81. The van der Waals surface area contributed by atoms with Crippen molar-refractivity contribution in [3.63, 3.8) is 0 Å². The standard InChI is InChI=1S/C15H15BrN2O2/c1-10(2)20-13-8-4-3-6-11(13)18-15(19)12-7-5-9-14(16)17-12/h3-10H,1-2H3,(H,18,19). The topological polar surface area (TPSA) is 51.2 Å². The lowest BCUT2D eigenvalue weighted by Gasteiger charge is -2.14. The van der Waals surface area contributed by atoms with Crippen LogP contribution in [0.2, 0.25) is 0 Å². The summed E-state index contributed by atoms with van der Waals surface area (Å²) in [5.41, 5.74) is 0.978. The second kappa shape index (κ2) is 6.52. The van der Waals surface area contributed by atoms with Crippen LogP contribution in [0.4, 0.5) is 5.69 Å². The lowest BCUT2D eigenvalue weighted by Crippen LogP contribution is -2.15. The molecule has 0 spiro atoms. The minimum atomic E-state index is -0.272. The van der Waals surface area contributed by atoms with Gasteiger partial charge in [-0.1, -0.05) is 18.2 Å². The van der Waals surface area contributed by atoms with Gasteiger partial charge in [0, 0.05) is 0 Å². The molecule has 0 aliphatic rings. The molecule has 1 N–H and O–H groups in total. The Labute approximate surface area is 126 Å². The highest BCUT2D eigenvalue weighted by Crippen LogP contribution is 2.25. The third-order valence-corrected chi connectivity index (χ3v) is 2.89. The van der Waals surface area contributed by atoms with Crippen molar-refractivity contribution in [2.75, 3.05) is 5.32 Å². The van der Waals surface area contributed by atoms with Gasteiger partial charge in [0.1, 0.15) is 16.0 Å². The van der Waals surface area contributed by atoms with Crippen LogP contribution >= 0.6 is 15.9 Å². The molecule has 0 atom stereocenters. The summed E-state index contributed by atoms with van der Waals surface area (Å²) in [6, 6.07) is 12.5. The summed E-state index contributed by atoms with van der Waals surface area (Å²) >= 11 is 3.25. The molecule has 2 aromatic rings. The summed E-state index contributed by atoms with van der Waals surface area (Å²) in [7, 11) is 0. The summed E-state index contributed by atoms with van der Waals surface area (Å²) in [6.45, 7) is 3.88. The predicted molar refractivity (Wildman–Crippen MR) is 82.1 cm³/mol. The number of nitrogens with one attached hydrogen (secondary N) is 1. The second-order valence-electron chi connectivity index (χ2n) is 4.46. The van der Waals surface area contributed by atoms with Gasteiger partial charge in [0.15, 0.2) is 0 Å². The first kappa shape index (κ1) is 14.5. The number of rotatable bonds is 4. The summed E-state index contributed by atoms with van der Waals surface area (Å²) in [5.74, 6) is 0.372. The van der Waals surface area contributed by atoms with Gasteiger partial charge in [0.05, 0.1) is 11.8 Å². The molecule has 0 saturated heterocycles. The molecule has 1 aromatic carbocycles. The SMILES string of the molecule is CC(C)Oc1ccccc1NC(=O)c1cccc(Br)n1. The molecule has 104 valence electrons. The van der Waals surface area contributed by atoms with Crippen molar-refractivity contribution in [1.29, 1.82) is 0 Å². The second-order valence-corrected chi connectivity index (χ2v) is 5.27. The number of anilines is 1. The quantitative estimate of drug-likeness (QED) is 0.863. The van der Waals surface area contributed by atoms with Gasteiger partial charge in [0.25, 0.3) is 5.91 Å². The molecule has 0 aliphatic carbocycles.